The Kier molecular flexibility index (Phi) is 4.74. The zero-order valence-corrected chi connectivity index (χ0v) is 18.1. The molecular formula is C25H23N7O. The minimum Gasteiger partial charge on any atom is -0.391 e. The number of hydrogen-bond acceptors (Lipinski definition) is 6. The molecule has 3 N–H and O–H groups in total. The largest absolute Gasteiger partial charge is 0.391 e. The van der Waals surface area contributed by atoms with Crippen molar-refractivity contribution in [3.05, 3.63) is 89.8 Å². The van der Waals surface area contributed by atoms with Gasteiger partial charge in [0.25, 0.3) is 0 Å². The zero-order chi connectivity index (χ0) is 22.4. The highest BCUT2D eigenvalue weighted by Crippen LogP contribution is 2.32. The third kappa shape index (κ3) is 3.59. The number of aliphatic hydroxyl groups excluding tert-OH is 1. The number of H-pyrrole nitrogens is 1. The number of nitrogens with one attached hydrogen (secondary N) is 2. The van der Waals surface area contributed by atoms with Gasteiger partial charge in [-0.2, -0.15) is 5.10 Å². The van der Waals surface area contributed by atoms with Crippen LogP contribution in [0.1, 0.15) is 28.7 Å². The Morgan fingerprint density at radius 2 is 2.00 bits per heavy atom. The Balaban J connectivity index is 1.36. The van der Waals surface area contributed by atoms with Crippen LogP contribution in [0.2, 0.25) is 0 Å². The Labute approximate surface area is 190 Å². The van der Waals surface area contributed by atoms with Crippen LogP contribution in [0.4, 0.5) is 0 Å². The average Bonchev–Trinajstić information content (AvgIpc) is 3.53. The van der Waals surface area contributed by atoms with Crippen molar-refractivity contribution in [2.24, 2.45) is 0 Å². The van der Waals surface area contributed by atoms with Crippen molar-refractivity contribution in [2.75, 3.05) is 0 Å². The molecule has 8 heteroatoms. The molecule has 33 heavy (non-hydrogen) atoms. The van der Waals surface area contributed by atoms with Crippen molar-refractivity contribution >= 4 is 5.65 Å². The van der Waals surface area contributed by atoms with Gasteiger partial charge >= 0.3 is 0 Å². The number of hydrogen-bond donors (Lipinski definition) is 3. The van der Waals surface area contributed by atoms with Crippen LogP contribution in [0.25, 0.3) is 28.3 Å². The van der Waals surface area contributed by atoms with E-state index >= 15 is 0 Å². The predicted octanol–water partition coefficient (Wildman–Crippen LogP) is 3.24. The summed E-state index contributed by atoms with van der Waals surface area (Å²) in [7, 11) is 0. The molecule has 4 heterocycles. The van der Waals surface area contributed by atoms with E-state index in [2.05, 4.69) is 32.5 Å². The first-order valence-electron chi connectivity index (χ1n) is 11.0. The fourth-order valence-electron chi connectivity index (χ4n) is 4.57. The summed E-state index contributed by atoms with van der Waals surface area (Å²) in [6, 6.07) is 17.9. The quantitative estimate of drug-likeness (QED) is 0.390. The summed E-state index contributed by atoms with van der Waals surface area (Å²) in [5.41, 5.74) is 7.44. The van der Waals surface area contributed by atoms with E-state index in [0.717, 1.165) is 45.4 Å². The van der Waals surface area contributed by atoms with Crippen LogP contribution in [-0.4, -0.2) is 40.8 Å². The van der Waals surface area contributed by atoms with Gasteiger partial charge in [0.05, 0.1) is 30.1 Å². The van der Waals surface area contributed by atoms with E-state index in [-0.39, 0.29) is 6.04 Å². The number of benzene rings is 1. The molecule has 0 bridgehead atoms. The maximum Gasteiger partial charge on any atom is 0.155 e. The number of aromatic amines is 1. The van der Waals surface area contributed by atoms with Gasteiger partial charge in [0.15, 0.2) is 5.65 Å². The second-order valence-corrected chi connectivity index (χ2v) is 8.38. The monoisotopic (exact) mass is 437 g/mol. The number of aryl methyl sites for hydroxylation is 1. The molecule has 6 rings (SSSR count). The van der Waals surface area contributed by atoms with Crippen LogP contribution >= 0.6 is 0 Å². The summed E-state index contributed by atoms with van der Waals surface area (Å²) in [5.74, 6) is 0.776. The first-order chi connectivity index (χ1) is 16.2. The summed E-state index contributed by atoms with van der Waals surface area (Å²) in [6.45, 7) is 2.46. The molecule has 1 aliphatic rings. The lowest BCUT2D eigenvalue weighted by molar-refractivity contribution is 0.140. The van der Waals surface area contributed by atoms with Crippen LogP contribution < -0.4 is 5.32 Å². The molecule has 0 aliphatic heterocycles. The second-order valence-electron chi connectivity index (χ2n) is 8.38. The molecule has 1 aromatic carbocycles. The van der Waals surface area contributed by atoms with Crippen LogP contribution in [0.3, 0.4) is 0 Å². The zero-order valence-electron chi connectivity index (χ0n) is 18.1. The second kappa shape index (κ2) is 7.91. The molecule has 0 saturated carbocycles. The summed E-state index contributed by atoms with van der Waals surface area (Å²) in [5, 5.41) is 18.4. The lowest BCUT2D eigenvalue weighted by Crippen LogP contribution is -2.28. The number of aromatic nitrogens is 6. The van der Waals surface area contributed by atoms with Gasteiger partial charge in [-0.05, 0) is 42.3 Å². The van der Waals surface area contributed by atoms with Crippen molar-refractivity contribution in [1.29, 1.82) is 0 Å². The van der Waals surface area contributed by atoms with E-state index in [9.17, 15) is 5.11 Å². The van der Waals surface area contributed by atoms with Crippen LogP contribution in [0.15, 0.2) is 67.1 Å². The van der Waals surface area contributed by atoms with Crippen LogP contribution in [-0.2, 0) is 13.0 Å². The SMILES string of the molecule is Cc1cccc(-c2nc(CNC3c4ccccc4C[C@@H]3O)[nH]c2-c2ccc3ncnn3c2)n1. The Morgan fingerprint density at radius 1 is 1.09 bits per heavy atom. The molecule has 0 radical (unpaired) electrons. The highest BCUT2D eigenvalue weighted by Gasteiger charge is 2.30. The molecule has 5 aromatic rings. The summed E-state index contributed by atoms with van der Waals surface area (Å²) in [4.78, 5) is 17.3. The number of imidazole rings is 1. The number of pyridine rings is 2. The summed E-state index contributed by atoms with van der Waals surface area (Å²) < 4.78 is 1.74. The van der Waals surface area contributed by atoms with Gasteiger partial charge < -0.3 is 15.4 Å². The summed E-state index contributed by atoms with van der Waals surface area (Å²) >= 11 is 0. The molecule has 1 aliphatic carbocycles. The molecule has 0 fully saturated rings. The third-order valence-electron chi connectivity index (χ3n) is 6.14. The molecule has 8 nitrogen and oxygen atoms in total. The van der Waals surface area contributed by atoms with Crippen molar-refractivity contribution < 1.29 is 5.11 Å². The van der Waals surface area contributed by atoms with Gasteiger partial charge in [0.2, 0.25) is 0 Å². The molecule has 0 spiro atoms. The number of rotatable bonds is 5. The van der Waals surface area contributed by atoms with Gasteiger partial charge in [-0.15, -0.1) is 0 Å². The highest BCUT2D eigenvalue weighted by atomic mass is 16.3. The molecule has 1 unspecified atom stereocenters. The van der Waals surface area contributed by atoms with Crippen molar-refractivity contribution in [3.63, 3.8) is 0 Å². The lowest BCUT2D eigenvalue weighted by Gasteiger charge is -2.17. The topological polar surface area (TPSA) is 104 Å². The van der Waals surface area contributed by atoms with E-state index in [4.69, 9.17) is 9.97 Å². The van der Waals surface area contributed by atoms with Crippen molar-refractivity contribution in [1.82, 2.24) is 34.9 Å². The van der Waals surface area contributed by atoms with Crippen LogP contribution in [0, 0.1) is 6.92 Å². The predicted molar refractivity (Wildman–Crippen MR) is 124 cm³/mol. The normalized spacial score (nSPS) is 17.5. The van der Waals surface area contributed by atoms with Crippen LogP contribution in [0.5, 0.6) is 0 Å². The van der Waals surface area contributed by atoms with Gasteiger partial charge in [-0.25, -0.2) is 14.5 Å². The average molecular weight is 438 g/mol. The number of aliphatic hydroxyl groups is 1. The Hall–Kier alpha value is -3.88. The van der Waals surface area contributed by atoms with Gasteiger partial charge in [-0.3, -0.25) is 4.98 Å². The van der Waals surface area contributed by atoms with E-state index in [1.165, 1.54) is 11.9 Å². The fraction of sp³-hybridized carbons (Fsp3) is 0.200. The van der Waals surface area contributed by atoms with E-state index < -0.39 is 6.10 Å². The minimum atomic E-state index is -0.454. The maximum absolute atomic E-state index is 10.6. The first-order valence-corrected chi connectivity index (χ1v) is 11.0. The van der Waals surface area contributed by atoms with E-state index in [0.29, 0.717) is 13.0 Å². The molecular weight excluding hydrogens is 414 g/mol. The number of fused-ring (bicyclic) bond motifs is 2. The fourth-order valence-corrected chi connectivity index (χ4v) is 4.57. The first kappa shape index (κ1) is 19.8. The molecule has 4 aromatic heterocycles. The highest BCUT2D eigenvalue weighted by molar-refractivity contribution is 5.77. The molecule has 164 valence electrons. The lowest BCUT2D eigenvalue weighted by atomic mass is 10.1. The maximum atomic E-state index is 10.6. The van der Waals surface area contributed by atoms with E-state index in [1.54, 1.807) is 4.52 Å². The Morgan fingerprint density at radius 3 is 2.91 bits per heavy atom. The number of nitrogens with zero attached hydrogens (tertiary/aromatic N) is 5. The molecule has 0 amide bonds. The summed E-state index contributed by atoms with van der Waals surface area (Å²) in [6.07, 6.45) is 3.68. The van der Waals surface area contributed by atoms with Gasteiger partial charge in [0, 0.05) is 23.9 Å². The van der Waals surface area contributed by atoms with Crippen molar-refractivity contribution in [3.8, 4) is 22.6 Å². The molecule has 0 saturated heterocycles. The third-order valence-corrected chi connectivity index (χ3v) is 6.14. The van der Waals surface area contributed by atoms with E-state index in [1.807, 2.05) is 55.6 Å². The standard InChI is InChI=1S/C25H23N7O/c1-15-5-4-8-19(29-15)25-23(17-9-10-22-27-14-28-32(22)13-17)30-21(31-25)12-26-24-18-7-3-2-6-16(18)11-20(24)33/h2-10,13-14,20,24,26,33H,11-12H2,1H3,(H,30,31)/t20-,24?/m0/s1. The van der Waals surface area contributed by atoms with Gasteiger partial charge in [-0.1, -0.05) is 30.3 Å². The minimum absolute atomic E-state index is 0.123. The smallest absolute Gasteiger partial charge is 0.155 e. The van der Waals surface area contributed by atoms with Gasteiger partial charge in [0.1, 0.15) is 17.8 Å². The van der Waals surface area contributed by atoms with Crippen molar-refractivity contribution in [2.45, 2.75) is 32.0 Å². The molecule has 2 atom stereocenters. The Bertz CT molecular complexity index is 1450.